The highest BCUT2D eigenvalue weighted by molar-refractivity contribution is 6.00. The molecule has 33 heavy (non-hydrogen) atoms. The van der Waals surface area contributed by atoms with Crippen LogP contribution in [-0.2, 0) is 0 Å². The van der Waals surface area contributed by atoms with Gasteiger partial charge >= 0.3 is 0 Å². The van der Waals surface area contributed by atoms with E-state index in [4.69, 9.17) is 0 Å². The predicted molar refractivity (Wildman–Crippen MR) is 120 cm³/mol. The highest BCUT2D eigenvalue weighted by atomic mass is 19.1. The van der Waals surface area contributed by atoms with E-state index in [0.717, 1.165) is 19.3 Å². The molecule has 5 atom stereocenters. The standard InChI is InChI=1S/C22H28FN7O3/c1-24-19-10-18(28-20-12(11-25-30(19)20)21(32)27-15-9-13(15)23)26-14-5-4-8-29(22(14)33)16-6-2-3-7-17(16)31/h4-5,8,10-11,13,15-17,22,24,31,33H,2-3,6-7,9H2,1H3,(H,26,28)(H,27,32)/t13-,15+,16-,17+,22?/m0/s1. The molecule has 10 nitrogen and oxygen atoms in total. The van der Waals surface area contributed by atoms with Gasteiger partial charge in [0.15, 0.2) is 11.9 Å². The lowest BCUT2D eigenvalue weighted by atomic mass is 9.91. The lowest BCUT2D eigenvalue weighted by molar-refractivity contribution is -0.0301. The molecule has 0 spiro atoms. The predicted octanol–water partition coefficient (Wildman–Crippen LogP) is 1.36. The maximum absolute atomic E-state index is 13.2. The Morgan fingerprint density at radius 1 is 1.27 bits per heavy atom. The summed E-state index contributed by atoms with van der Waals surface area (Å²) in [5.41, 5.74) is 1.04. The summed E-state index contributed by atoms with van der Waals surface area (Å²) in [6.07, 6.45) is 8.11. The van der Waals surface area contributed by atoms with Crippen molar-refractivity contribution in [3.63, 3.8) is 0 Å². The van der Waals surface area contributed by atoms with Crippen LogP contribution in [0, 0.1) is 0 Å². The SMILES string of the molecule is CNc1cc(NC2=CC=CN([C@H]3CCCC[C@H]3O)C2O)nc2c(C(=O)N[C@@H]3C[C@@H]3F)cnn12. The van der Waals surface area contributed by atoms with E-state index in [2.05, 4.69) is 26.0 Å². The number of anilines is 2. The van der Waals surface area contributed by atoms with E-state index in [9.17, 15) is 19.4 Å². The first-order chi connectivity index (χ1) is 16.0. The minimum absolute atomic E-state index is 0.161. The maximum Gasteiger partial charge on any atom is 0.257 e. The van der Waals surface area contributed by atoms with Gasteiger partial charge in [0, 0.05) is 25.7 Å². The Hall–Kier alpha value is -3.18. The van der Waals surface area contributed by atoms with Crippen molar-refractivity contribution in [1.82, 2.24) is 24.8 Å². The van der Waals surface area contributed by atoms with Gasteiger partial charge in [-0.3, -0.25) is 4.79 Å². The van der Waals surface area contributed by atoms with Crippen molar-refractivity contribution in [2.75, 3.05) is 17.7 Å². The number of carbonyl (C=O) groups excluding carboxylic acids is 1. The second kappa shape index (κ2) is 8.64. The lowest BCUT2D eigenvalue weighted by Gasteiger charge is -2.41. The molecule has 5 rings (SSSR count). The summed E-state index contributed by atoms with van der Waals surface area (Å²) >= 11 is 0. The minimum atomic E-state index is -1.01. The number of fused-ring (bicyclic) bond motifs is 1. The van der Waals surface area contributed by atoms with Crippen LogP contribution >= 0.6 is 0 Å². The number of aromatic nitrogens is 3. The zero-order chi connectivity index (χ0) is 23.1. The molecule has 0 saturated heterocycles. The highest BCUT2D eigenvalue weighted by Gasteiger charge is 2.39. The van der Waals surface area contributed by atoms with Gasteiger partial charge in [0.1, 0.15) is 23.4 Å². The molecule has 2 aromatic heterocycles. The molecule has 5 N–H and O–H groups in total. The van der Waals surface area contributed by atoms with Crippen molar-refractivity contribution in [1.29, 1.82) is 0 Å². The molecule has 1 unspecified atom stereocenters. The number of rotatable bonds is 6. The fraction of sp³-hybridized carbons (Fsp3) is 0.500. The van der Waals surface area contributed by atoms with Gasteiger partial charge in [0.2, 0.25) is 0 Å². The Kier molecular flexibility index (Phi) is 5.67. The quantitative estimate of drug-likeness (QED) is 0.440. The Morgan fingerprint density at radius 3 is 2.79 bits per heavy atom. The Bertz CT molecular complexity index is 1120. The topological polar surface area (TPSA) is 127 Å². The van der Waals surface area contributed by atoms with Gasteiger partial charge in [-0.05, 0) is 25.0 Å². The first-order valence-corrected chi connectivity index (χ1v) is 11.3. The van der Waals surface area contributed by atoms with E-state index in [0.29, 0.717) is 35.8 Å². The number of hydrogen-bond acceptors (Lipinski definition) is 8. The molecule has 0 aromatic carbocycles. The second-order valence-electron chi connectivity index (χ2n) is 8.73. The summed E-state index contributed by atoms with van der Waals surface area (Å²) in [7, 11) is 1.72. The smallest absolute Gasteiger partial charge is 0.257 e. The molecular formula is C22H28FN7O3. The summed E-state index contributed by atoms with van der Waals surface area (Å²) in [6.45, 7) is 0. The normalized spacial score (nSPS) is 29.0. The lowest BCUT2D eigenvalue weighted by Crippen LogP contribution is -2.49. The summed E-state index contributed by atoms with van der Waals surface area (Å²) in [4.78, 5) is 18.9. The van der Waals surface area contributed by atoms with Gasteiger partial charge < -0.3 is 31.1 Å². The second-order valence-corrected chi connectivity index (χ2v) is 8.73. The van der Waals surface area contributed by atoms with Crippen molar-refractivity contribution < 1.29 is 19.4 Å². The van der Waals surface area contributed by atoms with Crippen LogP contribution in [0.2, 0.25) is 0 Å². The van der Waals surface area contributed by atoms with Crippen LogP contribution in [0.1, 0.15) is 42.5 Å². The summed E-state index contributed by atoms with van der Waals surface area (Å²) < 4.78 is 14.7. The number of allylic oxidation sites excluding steroid dienone is 2. The van der Waals surface area contributed by atoms with Crippen LogP contribution in [0.5, 0.6) is 0 Å². The number of nitrogens with zero attached hydrogens (tertiary/aromatic N) is 4. The molecule has 176 valence electrons. The van der Waals surface area contributed by atoms with Crippen molar-refractivity contribution >= 4 is 23.2 Å². The van der Waals surface area contributed by atoms with E-state index >= 15 is 0 Å². The molecule has 0 radical (unpaired) electrons. The Labute approximate surface area is 190 Å². The minimum Gasteiger partial charge on any atom is -0.391 e. The number of aliphatic hydroxyl groups is 2. The molecule has 2 fully saturated rings. The Balaban J connectivity index is 1.40. The first kappa shape index (κ1) is 21.7. The average molecular weight is 458 g/mol. The third-order valence-electron chi connectivity index (χ3n) is 6.45. The molecule has 1 aliphatic heterocycles. The molecule has 3 aliphatic rings. The molecule has 2 aromatic rings. The molecular weight excluding hydrogens is 429 g/mol. The molecule has 3 heterocycles. The van der Waals surface area contributed by atoms with Gasteiger partial charge in [-0.2, -0.15) is 9.61 Å². The van der Waals surface area contributed by atoms with E-state index in [1.54, 1.807) is 30.3 Å². The molecule has 2 aliphatic carbocycles. The van der Waals surface area contributed by atoms with Crippen LogP contribution in [0.4, 0.5) is 16.0 Å². The number of halogens is 1. The van der Waals surface area contributed by atoms with Gasteiger partial charge in [0.25, 0.3) is 5.91 Å². The number of carbonyl (C=O) groups is 1. The summed E-state index contributed by atoms with van der Waals surface area (Å²) in [6, 6.07) is 1.09. The van der Waals surface area contributed by atoms with E-state index < -0.39 is 30.5 Å². The maximum atomic E-state index is 13.2. The van der Waals surface area contributed by atoms with Gasteiger partial charge in [-0.25, -0.2) is 9.37 Å². The number of amides is 1. The number of hydrogen-bond donors (Lipinski definition) is 5. The third-order valence-corrected chi connectivity index (χ3v) is 6.45. The van der Waals surface area contributed by atoms with Gasteiger partial charge in [0.05, 0.1) is 30.1 Å². The third kappa shape index (κ3) is 4.13. The zero-order valence-corrected chi connectivity index (χ0v) is 18.3. The molecule has 0 bridgehead atoms. The molecule has 1 amide bonds. The average Bonchev–Trinajstić information content (AvgIpc) is 3.32. The van der Waals surface area contributed by atoms with Crippen molar-refractivity contribution in [2.24, 2.45) is 0 Å². The Morgan fingerprint density at radius 2 is 2.06 bits per heavy atom. The summed E-state index contributed by atoms with van der Waals surface area (Å²) in [5, 5.41) is 34.5. The van der Waals surface area contributed by atoms with Gasteiger partial charge in [-0.1, -0.05) is 12.8 Å². The van der Waals surface area contributed by atoms with Crippen LogP contribution in [0.25, 0.3) is 5.65 Å². The fourth-order valence-corrected chi connectivity index (χ4v) is 4.48. The largest absolute Gasteiger partial charge is 0.391 e. The van der Waals surface area contributed by atoms with Crippen molar-refractivity contribution in [3.8, 4) is 0 Å². The first-order valence-electron chi connectivity index (χ1n) is 11.3. The van der Waals surface area contributed by atoms with Crippen LogP contribution in [0.3, 0.4) is 0 Å². The monoisotopic (exact) mass is 457 g/mol. The van der Waals surface area contributed by atoms with Gasteiger partial charge in [-0.15, -0.1) is 0 Å². The molecule has 11 heteroatoms. The number of aliphatic hydroxyl groups excluding tert-OH is 2. The van der Waals surface area contributed by atoms with Crippen LogP contribution in [-0.4, -0.2) is 73.3 Å². The fourth-order valence-electron chi connectivity index (χ4n) is 4.48. The van der Waals surface area contributed by atoms with E-state index in [1.165, 1.54) is 10.7 Å². The van der Waals surface area contributed by atoms with Crippen LogP contribution < -0.4 is 16.0 Å². The zero-order valence-electron chi connectivity index (χ0n) is 18.3. The summed E-state index contributed by atoms with van der Waals surface area (Å²) in [5.74, 6) is 0.553. The number of nitrogens with one attached hydrogen (secondary N) is 3. The van der Waals surface area contributed by atoms with E-state index in [-0.39, 0.29) is 11.6 Å². The van der Waals surface area contributed by atoms with Crippen molar-refractivity contribution in [3.05, 3.63) is 41.9 Å². The highest BCUT2D eigenvalue weighted by Crippen LogP contribution is 2.29. The van der Waals surface area contributed by atoms with Crippen LogP contribution in [0.15, 0.2) is 36.3 Å². The number of alkyl halides is 1. The van der Waals surface area contributed by atoms with E-state index in [1.807, 2.05) is 6.08 Å². The van der Waals surface area contributed by atoms with Crippen molar-refractivity contribution in [2.45, 2.75) is 62.7 Å². The molecule has 2 saturated carbocycles.